The van der Waals surface area contributed by atoms with Gasteiger partial charge in [-0.3, -0.25) is 4.79 Å². The Bertz CT molecular complexity index is 296. The molecule has 0 aliphatic heterocycles. The van der Waals surface area contributed by atoms with Gasteiger partial charge in [-0.1, -0.05) is 0 Å². The second kappa shape index (κ2) is 3.16. The van der Waals surface area contributed by atoms with E-state index in [1.54, 1.807) is 6.92 Å². The predicted molar refractivity (Wildman–Crippen MR) is 41.8 cm³/mol. The fourth-order valence-corrected chi connectivity index (χ4v) is 1.32. The van der Waals surface area contributed by atoms with Gasteiger partial charge in [0, 0.05) is 0 Å². The van der Waals surface area contributed by atoms with E-state index in [9.17, 15) is 4.79 Å². The van der Waals surface area contributed by atoms with Gasteiger partial charge in [0.15, 0.2) is 0 Å². The number of aromatic nitrogens is 2. The van der Waals surface area contributed by atoms with Crippen LogP contribution in [-0.2, 0) is 9.53 Å². The van der Waals surface area contributed by atoms with Crippen molar-refractivity contribution in [1.29, 1.82) is 0 Å². The van der Waals surface area contributed by atoms with Gasteiger partial charge in [0.1, 0.15) is 0 Å². The van der Waals surface area contributed by atoms with Crippen LogP contribution in [0.15, 0.2) is 10.8 Å². The maximum atomic E-state index is 11.2. The van der Waals surface area contributed by atoms with Crippen molar-refractivity contribution in [2.75, 3.05) is 6.61 Å². The highest BCUT2D eigenvalue weighted by atomic mass is 16.5. The number of carbonyl (C=O) groups is 1. The highest BCUT2D eigenvalue weighted by Crippen LogP contribution is 2.47. The topological polar surface area (TPSA) is 65.2 Å². The highest BCUT2D eigenvalue weighted by molar-refractivity contribution is 5.76. The Balaban J connectivity index is 1.92. The van der Waals surface area contributed by atoms with Crippen LogP contribution in [0, 0.1) is 5.92 Å². The molecule has 1 aliphatic carbocycles. The average molecular weight is 182 g/mol. The van der Waals surface area contributed by atoms with Crippen molar-refractivity contribution in [1.82, 2.24) is 10.2 Å². The monoisotopic (exact) mass is 182 g/mol. The summed E-state index contributed by atoms with van der Waals surface area (Å²) in [7, 11) is 0. The molecule has 0 unspecified atom stereocenters. The van der Waals surface area contributed by atoms with E-state index >= 15 is 0 Å². The molecule has 1 aromatic rings. The van der Waals surface area contributed by atoms with Crippen LogP contribution in [0.1, 0.15) is 25.2 Å². The molecule has 1 aliphatic rings. The van der Waals surface area contributed by atoms with Crippen LogP contribution in [0.3, 0.4) is 0 Å². The zero-order valence-corrected chi connectivity index (χ0v) is 7.27. The van der Waals surface area contributed by atoms with E-state index in [-0.39, 0.29) is 17.8 Å². The summed E-state index contributed by atoms with van der Waals surface area (Å²) < 4.78 is 9.85. The van der Waals surface area contributed by atoms with Gasteiger partial charge in [0.05, 0.1) is 18.4 Å². The SMILES string of the molecule is CCOC(=O)[C@H]1C[C@@H]1c1nnco1. The molecule has 1 heterocycles. The molecular weight excluding hydrogens is 172 g/mol. The fraction of sp³-hybridized carbons (Fsp3) is 0.625. The van der Waals surface area contributed by atoms with Crippen LogP contribution in [0.2, 0.25) is 0 Å². The molecule has 0 amide bonds. The minimum Gasteiger partial charge on any atom is -0.466 e. The molecule has 1 saturated carbocycles. The van der Waals surface area contributed by atoms with Gasteiger partial charge in [-0.2, -0.15) is 0 Å². The fourth-order valence-electron chi connectivity index (χ4n) is 1.32. The summed E-state index contributed by atoms with van der Waals surface area (Å²) in [6.45, 7) is 2.22. The first-order valence-corrected chi connectivity index (χ1v) is 4.25. The summed E-state index contributed by atoms with van der Waals surface area (Å²) in [6.07, 6.45) is 2.04. The van der Waals surface area contributed by atoms with Crippen molar-refractivity contribution in [3.63, 3.8) is 0 Å². The molecule has 0 aromatic carbocycles. The maximum Gasteiger partial charge on any atom is 0.309 e. The molecule has 5 nitrogen and oxygen atoms in total. The van der Waals surface area contributed by atoms with E-state index in [0.29, 0.717) is 12.5 Å². The third-order valence-electron chi connectivity index (χ3n) is 2.07. The summed E-state index contributed by atoms with van der Waals surface area (Å²) in [5, 5.41) is 7.30. The Morgan fingerprint density at radius 1 is 1.85 bits per heavy atom. The molecule has 0 bridgehead atoms. The summed E-state index contributed by atoms with van der Waals surface area (Å²) in [4.78, 5) is 11.2. The van der Waals surface area contributed by atoms with E-state index < -0.39 is 0 Å². The van der Waals surface area contributed by atoms with Crippen LogP contribution in [0.4, 0.5) is 0 Å². The number of esters is 1. The molecule has 1 fully saturated rings. The second-order valence-electron chi connectivity index (χ2n) is 2.98. The third-order valence-corrected chi connectivity index (χ3v) is 2.07. The van der Waals surface area contributed by atoms with E-state index in [1.807, 2.05) is 0 Å². The standard InChI is InChI=1S/C8H10N2O3/c1-2-12-8(11)6-3-5(6)7-10-9-4-13-7/h4-6H,2-3H2,1H3/t5-,6-/m0/s1. The highest BCUT2D eigenvalue weighted by Gasteiger charge is 2.48. The Kier molecular flexibility index (Phi) is 2.00. The molecule has 0 spiro atoms. The minimum atomic E-state index is -0.161. The van der Waals surface area contributed by atoms with Gasteiger partial charge in [-0.25, -0.2) is 0 Å². The summed E-state index contributed by atoms with van der Waals surface area (Å²) >= 11 is 0. The summed E-state index contributed by atoms with van der Waals surface area (Å²) in [5.41, 5.74) is 0. The zero-order valence-electron chi connectivity index (χ0n) is 7.27. The van der Waals surface area contributed by atoms with Gasteiger partial charge in [-0.15, -0.1) is 10.2 Å². The largest absolute Gasteiger partial charge is 0.466 e. The molecule has 2 rings (SSSR count). The Morgan fingerprint density at radius 3 is 3.31 bits per heavy atom. The van der Waals surface area contributed by atoms with Gasteiger partial charge in [0.2, 0.25) is 12.3 Å². The van der Waals surface area contributed by atoms with Gasteiger partial charge in [-0.05, 0) is 13.3 Å². The zero-order chi connectivity index (χ0) is 9.26. The van der Waals surface area contributed by atoms with Gasteiger partial charge < -0.3 is 9.15 Å². The number of hydrogen-bond donors (Lipinski definition) is 0. The van der Waals surface area contributed by atoms with E-state index in [1.165, 1.54) is 6.39 Å². The molecule has 0 radical (unpaired) electrons. The van der Waals surface area contributed by atoms with Crippen molar-refractivity contribution in [3.05, 3.63) is 12.3 Å². The Morgan fingerprint density at radius 2 is 2.69 bits per heavy atom. The lowest BCUT2D eigenvalue weighted by Crippen LogP contribution is -2.07. The first-order chi connectivity index (χ1) is 6.33. The lowest BCUT2D eigenvalue weighted by atomic mass is 10.3. The number of ether oxygens (including phenoxy) is 1. The molecule has 13 heavy (non-hydrogen) atoms. The molecular formula is C8H10N2O3. The summed E-state index contributed by atoms with van der Waals surface area (Å²) in [6, 6.07) is 0. The Labute approximate surface area is 75.1 Å². The first kappa shape index (κ1) is 8.22. The predicted octanol–water partition coefficient (Wildman–Crippen LogP) is 0.736. The number of nitrogens with zero attached hydrogens (tertiary/aromatic N) is 2. The van der Waals surface area contributed by atoms with Crippen LogP contribution in [0.25, 0.3) is 0 Å². The quantitative estimate of drug-likeness (QED) is 0.645. The van der Waals surface area contributed by atoms with Gasteiger partial charge >= 0.3 is 5.97 Å². The molecule has 1 aromatic heterocycles. The van der Waals surface area contributed by atoms with Crippen molar-refractivity contribution < 1.29 is 13.9 Å². The van der Waals surface area contributed by atoms with Crippen molar-refractivity contribution in [3.8, 4) is 0 Å². The summed E-state index contributed by atoms with van der Waals surface area (Å²) in [5.74, 6) is 0.394. The van der Waals surface area contributed by atoms with Crippen molar-refractivity contribution in [2.45, 2.75) is 19.3 Å². The minimum absolute atomic E-state index is 0.0691. The number of rotatable bonds is 3. The van der Waals surface area contributed by atoms with Crippen LogP contribution in [-0.4, -0.2) is 22.8 Å². The Hall–Kier alpha value is -1.39. The van der Waals surface area contributed by atoms with Crippen molar-refractivity contribution in [2.24, 2.45) is 5.92 Å². The van der Waals surface area contributed by atoms with Crippen LogP contribution >= 0.6 is 0 Å². The maximum absolute atomic E-state index is 11.2. The van der Waals surface area contributed by atoms with E-state index in [2.05, 4.69) is 10.2 Å². The molecule has 0 N–H and O–H groups in total. The molecule has 5 heteroatoms. The molecule has 0 saturated heterocycles. The second-order valence-corrected chi connectivity index (χ2v) is 2.98. The lowest BCUT2D eigenvalue weighted by molar-refractivity contribution is -0.144. The normalized spacial score (nSPS) is 25.6. The van der Waals surface area contributed by atoms with E-state index in [0.717, 1.165) is 6.42 Å². The van der Waals surface area contributed by atoms with Crippen molar-refractivity contribution >= 4 is 5.97 Å². The van der Waals surface area contributed by atoms with E-state index in [4.69, 9.17) is 9.15 Å². The number of carbonyl (C=O) groups excluding carboxylic acids is 1. The van der Waals surface area contributed by atoms with Crippen LogP contribution in [0.5, 0.6) is 0 Å². The smallest absolute Gasteiger partial charge is 0.309 e. The third kappa shape index (κ3) is 1.54. The average Bonchev–Trinajstić information content (AvgIpc) is 2.74. The first-order valence-electron chi connectivity index (χ1n) is 4.25. The van der Waals surface area contributed by atoms with Gasteiger partial charge in [0.25, 0.3) is 0 Å². The lowest BCUT2D eigenvalue weighted by Gasteiger charge is -1.97. The molecule has 2 atom stereocenters. The molecule has 70 valence electrons. The number of hydrogen-bond acceptors (Lipinski definition) is 5. The van der Waals surface area contributed by atoms with Crippen LogP contribution < -0.4 is 0 Å².